The molecule has 0 saturated carbocycles. The molecule has 3 rings (SSSR count). The van der Waals surface area contributed by atoms with Gasteiger partial charge in [-0.1, -0.05) is 26.0 Å². The summed E-state index contributed by atoms with van der Waals surface area (Å²) < 4.78 is 39.5. The Hall–Kier alpha value is -1.38. The van der Waals surface area contributed by atoms with E-state index in [-0.39, 0.29) is 4.90 Å². The molecule has 1 saturated heterocycles. The second kappa shape index (κ2) is 5.82. The molecule has 0 radical (unpaired) electrons. The molecule has 25 heavy (non-hydrogen) atoms. The summed E-state index contributed by atoms with van der Waals surface area (Å²) in [5.74, 6) is 0.759. The summed E-state index contributed by atoms with van der Waals surface area (Å²) in [4.78, 5) is 4.62. The van der Waals surface area contributed by atoms with Crippen molar-refractivity contribution in [2.75, 3.05) is 6.54 Å². The Morgan fingerprint density at radius 2 is 1.76 bits per heavy atom. The molecule has 0 atom stereocenters. The lowest BCUT2D eigenvalue weighted by Crippen LogP contribution is -2.41. The molecule has 1 fully saturated rings. The van der Waals surface area contributed by atoms with Crippen molar-refractivity contribution in [3.63, 3.8) is 0 Å². The van der Waals surface area contributed by atoms with E-state index in [0.29, 0.717) is 29.3 Å². The van der Waals surface area contributed by atoms with Crippen molar-refractivity contribution in [2.24, 2.45) is 10.9 Å². The third-order valence-electron chi connectivity index (χ3n) is 4.92. The van der Waals surface area contributed by atoms with Crippen LogP contribution in [0.5, 0.6) is 0 Å². The maximum absolute atomic E-state index is 12.5. The number of amidine groups is 1. The minimum absolute atomic E-state index is 0.224. The van der Waals surface area contributed by atoms with Gasteiger partial charge in [-0.2, -0.15) is 0 Å². The molecule has 1 N–H and O–H groups in total. The second-order valence-electron chi connectivity index (χ2n) is 8.03. The number of hydrogen-bond acceptors (Lipinski definition) is 5. The molecule has 2 heterocycles. The molecule has 0 aromatic heterocycles. The first-order chi connectivity index (χ1) is 11.4. The molecular formula is C17H25BN2O4S. The van der Waals surface area contributed by atoms with E-state index in [0.717, 1.165) is 0 Å². The van der Waals surface area contributed by atoms with Gasteiger partial charge in [-0.25, -0.2) is 8.42 Å². The minimum Gasteiger partial charge on any atom is -0.399 e. The van der Waals surface area contributed by atoms with E-state index < -0.39 is 28.3 Å². The molecule has 0 aliphatic carbocycles. The highest BCUT2D eigenvalue weighted by atomic mass is 32.2. The number of hydrogen-bond donors (Lipinski definition) is 1. The lowest BCUT2D eigenvalue weighted by molar-refractivity contribution is 0.00578. The summed E-state index contributed by atoms with van der Waals surface area (Å²) in [5.41, 5.74) is 0.337. The maximum atomic E-state index is 12.5. The second-order valence-corrected chi connectivity index (χ2v) is 9.68. The van der Waals surface area contributed by atoms with E-state index in [1.807, 2.05) is 47.6 Å². The Labute approximate surface area is 150 Å². The van der Waals surface area contributed by atoms with E-state index in [1.54, 1.807) is 12.1 Å². The van der Waals surface area contributed by atoms with Crippen LogP contribution in [0.15, 0.2) is 28.1 Å². The normalized spacial score (nSPS) is 24.6. The summed E-state index contributed by atoms with van der Waals surface area (Å²) in [7, 11) is -4.20. The first-order valence-corrected chi connectivity index (χ1v) is 9.98. The fourth-order valence-electron chi connectivity index (χ4n) is 2.71. The molecule has 0 unspecified atom stereocenters. The Morgan fingerprint density at radius 1 is 1.16 bits per heavy atom. The Morgan fingerprint density at radius 3 is 2.32 bits per heavy atom. The zero-order chi connectivity index (χ0) is 18.6. The summed E-state index contributed by atoms with van der Waals surface area (Å²) in [6, 6.07) is 5.23. The third kappa shape index (κ3) is 3.23. The van der Waals surface area contributed by atoms with Gasteiger partial charge in [0, 0.05) is 12.1 Å². The number of sulfonamides is 1. The van der Waals surface area contributed by atoms with Gasteiger partial charge in [-0.3, -0.25) is 9.71 Å². The molecule has 0 spiro atoms. The first kappa shape index (κ1) is 18.4. The fraction of sp³-hybridized carbons (Fsp3) is 0.588. The standard InChI is InChI=1S/C17H25BN2O4S/c1-11(2)10-19-15-13-8-7-12(9-14(13)25(21,22)20-15)18-23-16(3,4)17(5,6)24-18/h7-9,11H,10H2,1-6H3,(H,19,20). The van der Waals surface area contributed by atoms with E-state index in [4.69, 9.17) is 9.31 Å². The van der Waals surface area contributed by atoms with Crippen LogP contribution in [0.4, 0.5) is 0 Å². The smallest absolute Gasteiger partial charge is 0.399 e. The van der Waals surface area contributed by atoms with Crippen molar-refractivity contribution in [1.82, 2.24) is 4.72 Å². The van der Waals surface area contributed by atoms with E-state index in [2.05, 4.69) is 9.71 Å². The van der Waals surface area contributed by atoms with Gasteiger partial charge in [0.1, 0.15) is 5.84 Å². The lowest BCUT2D eigenvalue weighted by Gasteiger charge is -2.32. The third-order valence-corrected chi connectivity index (χ3v) is 6.30. The van der Waals surface area contributed by atoms with Crippen molar-refractivity contribution in [3.05, 3.63) is 23.8 Å². The van der Waals surface area contributed by atoms with Crippen LogP contribution in [0.2, 0.25) is 0 Å². The van der Waals surface area contributed by atoms with Crippen LogP contribution in [0, 0.1) is 5.92 Å². The van der Waals surface area contributed by atoms with Crippen LogP contribution in [-0.2, 0) is 19.3 Å². The van der Waals surface area contributed by atoms with E-state index in [9.17, 15) is 8.42 Å². The predicted octanol–water partition coefficient (Wildman–Crippen LogP) is 1.68. The van der Waals surface area contributed by atoms with E-state index in [1.165, 1.54) is 0 Å². The average molecular weight is 364 g/mol. The summed E-state index contributed by atoms with van der Waals surface area (Å²) in [6.45, 7) is 12.5. The van der Waals surface area contributed by atoms with Crippen molar-refractivity contribution in [1.29, 1.82) is 0 Å². The zero-order valence-electron chi connectivity index (χ0n) is 15.6. The lowest BCUT2D eigenvalue weighted by atomic mass is 9.79. The van der Waals surface area contributed by atoms with Crippen LogP contribution in [0.1, 0.15) is 47.1 Å². The van der Waals surface area contributed by atoms with Gasteiger partial charge in [0.25, 0.3) is 10.0 Å². The van der Waals surface area contributed by atoms with Gasteiger partial charge in [0.05, 0.1) is 16.1 Å². The molecule has 136 valence electrons. The highest BCUT2D eigenvalue weighted by molar-refractivity contribution is 7.90. The molecule has 1 aromatic rings. The molecule has 1 aromatic carbocycles. The molecule has 8 heteroatoms. The highest BCUT2D eigenvalue weighted by Crippen LogP contribution is 2.36. The number of nitrogens with zero attached hydrogens (tertiary/aromatic N) is 1. The summed E-state index contributed by atoms with van der Waals surface area (Å²) in [5, 5.41) is 0. The fourth-order valence-corrected chi connectivity index (χ4v) is 4.00. The number of fused-ring (bicyclic) bond motifs is 1. The number of rotatable bonds is 3. The van der Waals surface area contributed by atoms with Crippen molar-refractivity contribution in [2.45, 2.75) is 57.6 Å². The van der Waals surface area contributed by atoms with Gasteiger partial charge < -0.3 is 9.31 Å². The van der Waals surface area contributed by atoms with Gasteiger partial charge in [0.2, 0.25) is 0 Å². The van der Waals surface area contributed by atoms with Crippen molar-refractivity contribution in [3.8, 4) is 0 Å². The van der Waals surface area contributed by atoms with Gasteiger partial charge in [-0.15, -0.1) is 0 Å². The van der Waals surface area contributed by atoms with Crippen molar-refractivity contribution < 1.29 is 17.7 Å². The molecule has 2 aliphatic rings. The number of benzene rings is 1. The number of nitrogens with one attached hydrogen (secondary N) is 1. The average Bonchev–Trinajstić information content (AvgIpc) is 2.86. The first-order valence-electron chi connectivity index (χ1n) is 8.50. The van der Waals surface area contributed by atoms with Crippen LogP contribution in [0.3, 0.4) is 0 Å². The molecule has 2 aliphatic heterocycles. The molecule has 6 nitrogen and oxygen atoms in total. The van der Waals surface area contributed by atoms with Gasteiger partial charge in [-0.05, 0) is 45.1 Å². The molecular weight excluding hydrogens is 339 g/mol. The van der Waals surface area contributed by atoms with Crippen LogP contribution in [-0.4, -0.2) is 39.1 Å². The quantitative estimate of drug-likeness (QED) is 0.828. The maximum Gasteiger partial charge on any atom is 0.494 e. The van der Waals surface area contributed by atoms with Gasteiger partial charge >= 0.3 is 7.12 Å². The van der Waals surface area contributed by atoms with Crippen LogP contribution >= 0.6 is 0 Å². The van der Waals surface area contributed by atoms with Crippen LogP contribution < -0.4 is 10.2 Å². The monoisotopic (exact) mass is 364 g/mol. The summed E-state index contributed by atoms with van der Waals surface area (Å²) in [6.07, 6.45) is 0. The van der Waals surface area contributed by atoms with E-state index >= 15 is 0 Å². The van der Waals surface area contributed by atoms with Crippen molar-refractivity contribution >= 4 is 28.4 Å². The highest BCUT2D eigenvalue weighted by Gasteiger charge is 2.52. The summed E-state index contributed by atoms with van der Waals surface area (Å²) >= 11 is 0. The topological polar surface area (TPSA) is 77.0 Å². The molecule has 0 amide bonds. The Kier molecular flexibility index (Phi) is 4.29. The Balaban J connectivity index is 1.97. The molecule has 0 bridgehead atoms. The largest absolute Gasteiger partial charge is 0.494 e. The Bertz CT molecular complexity index is 815. The zero-order valence-corrected chi connectivity index (χ0v) is 16.4. The predicted molar refractivity (Wildman–Crippen MR) is 98.7 cm³/mol. The van der Waals surface area contributed by atoms with Gasteiger partial charge in [0.15, 0.2) is 0 Å². The SMILES string of the molecule is CC(C)CN=C1NS(=O)(=O)c2cc(B3OC(C)(C)C(C)(C)O3)ccc21. The number of aliphatic imine (C=N–C) groups is 1. The van der Waals surface area contributed by atoms with Crippen LogP contribution in [0.25, 0.3) is 0 Å². The minimum atomic E-state index is -3.60.